The maximum absolute atomic E-state index is 10.6. The number of ether oxygens (including phenoxy) is 2. The van der Waals surface area contributed by atoms with E-state index in [2.05, 4.69) is 0 Å². The minimum atomic E-state index is -1.88. The van der Waals surface area contributed by atoms with Crippen molar-refractivity contribution in [1.82, 2.24) is 0 Å². The van der Waals surface area contributed by atoms with Crippen molar-refractivity contribution < 1.29 is 29.9 Å². The highest BCUT2D eigenvalue weighted by Crippen LogP contribution is 2.35. The van der Waals surface area contributed by atoms with Crippen molar-refractivity contribution in [2.75, 3.05) is 6.61 Å². The lowest BCUT2D eigenvalue weighted by Crippen LogP contribution is -2.66. The number of hydrogen-bond donors (Lipinski definition) is 4. The fraction of sp³-hybridized carbons (Fsp3) is 0.400. The van der Waals surface area contributed by atoms with Gasteiger partial charge in [0.05, 0.1) is 16.7 Å². The number of halogens is 2. The van der Waals surface area contributed by atoms with Crippen LogP contribution in [0.3, 0.4) is 0 Å². The quantitative estimate of drug-likeness (QED) is 0.596. The minimum Gasteiger partial charge on any atom is -0.461 e. The van der Waals surface area contributed by atoms with Gasteiger partial charge in [0, 0.05) is 0 Å². The van der Waals surface area contributed by atoms with Crippen molar-refractivity contribution in [2.45, 2.75) is 44.1 Å². The van der Waals surface area contributed by atoms with Gasteiger partial charge in [0.15, 0.2) is 5.60 Å². The summed E-state index contributed by atoms with van der Waals surface area (Å²) in [5, 5.41) is 40.9. The number of aliphatic hydroxyl groups excluding tert-OH is 3. The summed E-state index contributed by atoms with van der Waals surface area (Å²) in [5.41, 5.74) is 0.649. The second-order valence-corrected chi connectivity index (χ2v) is 7.89. The zero-order chi connectivity index (χ0) is 20.6. The van der Waals surface area contributed by atoms with E-state index in [1.54, 1.807) is 18.2 Å². The Hall–Kier alpha value is -1.38. The first kappa shape index (κ1) is 21.3. The third-order valence-electron chi connectivity index (χ3n) is 4.92. The van der Waals surface area contributed by atoms with Gasteiger partial charge in [-0.05, 0) is 54.8 Å². The molecule has 0 bridgehead atoms. The van der Waals surface area contributed by atoms with Crippen LogP contribution in [0.25, 0.3) is 11.1 Å². The van der Waals surface area contributed by atoms with E-state index in [1.165, 1.54) is 6.92 Å². The molecular formula is C20H22Cl2O6. The Kier molecular flexibility index (Phi) is 6.22. The molecule has 0 aliphatic carbocycles. The highest BCUT2D eigenvalue weighted by molar-refractivity contribution is 6.42. The standard InChI is InChI=1S/C20H22Cl2O6/c1-10-7-11(12-3-5-13(21)14(22)8-12)4-6-15(10)27-19-20(2,26)18(25)17(24)16(9-23)28-19/h3-8,16-19,23-26H,9H2,1-2H3/t16?,17-,18?,19+,20+/m1/s1. The minimum absolute atomic E-state index is 0.425. The summed E-state index contributed by atoms with van der Waals surface area (Å²) in [6.07, 6.45) is -5.33. The third kappa shape index (κ3) is 4.00. The topological polar surface area (TPSA) is 99.4 Å². The molecule has 1 saturated heterocycles. The lowest BCUT2D eigenvalue weighted by Gasteiger charge is -2.45. The van der Waals surface area contributed by atoms with Gasteiger partial charge in [-0.3, -0.25) is 0 Å². The van der Waals surface area contributed by atoms with Crippen molar-refractivity contribution >= 4 is 23.2 Å². The molecule has 5 atom stereocenters. The van der Waals surface area contributed by atoms with Gasteiger partial charge in [0.1, 0.15) is 24.1 Å². The molecule has 8 heteroatoms. The molecule has 152 valence electrons. The fourth-order valence-corrected chi connectivity index (χ4v) is 3.41. The summed E-state index contributed by atoms with van der Waals surface area (Å²) in [5.74, 6) is 0.425. The molecule has 28 heavy (non-hydrogen) atoms. The van der Waals surface area contributed by atoms with Gasteiger partial charge in [-0.15, -0.1) is 0 Å². The molecule has 1 heterocycles. The van der Waals surface area contributed by atoms with Crippen molar-refractivity contribution in [3.05, 3.63) is 52.0 Å². The molecule has 2 unspecified atom stereocenters. The van der Waals surface area contributed by atoms with Crippen LogP contribution in [0.1, 0.15) is 12.5 Å². The predicted octanol–water partition coefficient (Wildman–Crippen LogP) is 2.54. The molecule has 0 amide bonds. The zero-order valence-corrected chi connectivity index (χ0v) is 16.9. The van der Waals surface area contributed by atoms with Crippen LogP contribution in [0.15, 0.2) is 36.4 Å². The Morgan fingerprint density at radius 2 is 1.71 bits per heavy atom. The van der Waals surface area contributed by atoms with Crippen molar-refractivity contribution in [3.63, 3.8) is 0 Å². The summed E-state index contributed by atoms with van der Waals surface area (Å²) < 4.78 is 11.3. The first-order valence-corrected chi connectivity index (χ1v) is 9.48. The molecular weight excluding hydrogens is 407 g/mol. The SMILES string of the molecule is Cc1cc(-c2ccc(Cl)c(Cl)c2)ccc1O[C@H]1OC(CO)[C@@H](O)C(O)[C@]1(C)O. The Morgan fingerprint density at radius 1 is 1.07 bits per heavy atom. The zero-order valence-electron chi connectivity index (χ0n) is 15.3. The van der Waals surface area contributed by atoms with Crippen LogP contribution in [0.4, 0.5) is 0 Å². The lowest BCUT2D eigenvalue weighted by atomic mass is 9.88. The van der Waals surface area contributed by atoms with E-state index in [4.69, 9.17) is 32.7 Å². The molecule has 2 aromatic rings. The number of benzene rings is 2. The molecule has 3 rings (SSSR count). The molecule has 0 radical (unpaired) electrons. The van der Waals surface area contributed by atoms with Crippen LogP contribution in [0, 0.1) is 6.92 Å². The molecule has 0 saturated carbocycles. The van der Waals surface area contributed by atoms with Crippen LogP contribution >= 0.6 is 23.2 Å². The summed E-state index contributed by atoms with van der Waals surface area (Å²) in [6.45, 7) is 2.60. The number of aliphatic hydroxyl groups is 4. The molecule has 1 aliphatic heterocycles. The van der Waals surface area contributed by atoms with E-state index < -0.39 is 36.8 Å². The van der Waals surface area contributed by atoms with E-state index in [9.17, 15) is 20.4 Å². The Labute approximate surface area is 172 Å². The average molecular weight is 429 g/mol. The molecule has 0 aromatic heterocycles. The highest BCUT2D eigenvalue weighted by Gasteiger charge is 2.53. The lowest BCUT2D eigenvalue weighted by molar-refractivity contribution is -0.314. The van der Waals surface area contributed by atoms with Gasteiger partial charge in [-0.1, -0.05) is 35.3 Å². The normalized spacial score (nSPS) is 30.3. The van der Waals surface area contributed by atoms with Gasteiger partial charge < -0.3 is 29.9 Å². The maximum atomic E-state index is 10.6. The van der Waals surface area contributed by atoms with E-state index in [-0.39, 0.29) is 0 Å². The Balaban J connectivity index is 1.85. The van der Waals surface area contributed by atoms with E-state index in [0.717, 1.165) is 16.7 Å². The highest BCUT2D eigenvalue weighted by atomic mass is 35.5. The summed E-state index contributed by atoms with van der Waals surface area (Å²) in [4.78, 5) is 0. The summed E-state index contributed by atoms with van der Waals surface area (Å²) in [6, 6.07) is 10.7. The van der Waals surface area contributed by atoms with Crippen LogP contribution in [0.2, 0.25) is 10.0 Å². The van der Waals surface area contributed by atoms with Gasteiger partial charge in [-0.2, -0.15) is 0 Å². The average Bonchev–Trinajstić information content (AvgIpc) is 2.66. The van der Waals surface area contributed by atoms with Crippen molar-refractivity contribution in [3.8, 4) is 16.9 Å². The van der Waals surface area contributed by atoms with Crippen molar-refractivity contribution in [1.29, 1.82) is 0 Å². The van der Waals surface area contributed by atoms with Crippen LogP contribution in [-0.4, -0.2) is 57.2 Å². The van der Waals surface area contributed by atoms with E-state index in [1.807, 2.05) is 25.1 Å². The second kappa shape index (κ2) is 8.16. The molecule has 0 spiro atoms. The largest absolute Gasteiger partial charge is 0.461 e. The van der Waals surface area contributed by atoms with Crippen LogP contribution in [0.5, 0.6) is 5.75 Å². The number of aryl methyl sites for hydroxylation is 1. The van der Waals surface area contributed by atoms with Gasteiger partial charge in [-0.25, -0.2) is 0 Å². The molecule has 1 fully saturated rings. The number of rotatable bonds is 4. The maximum Gasteiger partial charge on any atom is 0.231 e. The monoisotopic (exact) mass is 428 g/mol. The molecule has 2 aromatic carbocycles. The fourth-order valence-electron chi connectivity index (χ4n) is 3.12. The Morgan fingerprint density at radius 3 is 2.32 bits per heavy atom. The summed E-state index contributed by atoms with van der Waals surface area (Å²) in [7, 11) is 0. The molecule has 4 N–H and O–H groups in total. The molecule has 1 aliphatic rings. The smallest absolute Gasteiger partial charge is 0.231 e. The summed E-state index contributed by atoms with van der Waals surface area (Å²) >= 11 is 12.0. The van der Waals surface area contributed by atoms with Crippen LogP contribution < -0.4 is 4.74 Å². The van der Waals surface area contributed by atoms with Gasteiger partial charge >= 0.3 is 0 Å². The Bertz CT molecular complexity index is 857. The third-order valence-corrected chi connectivity index (χ3v) is 5.66. The van der Waals surface area contributed by atoms with Crippen molar-refractivity contribution in [2.24, 2.45) is 0 Å². The first-order valence-electron chi connectivity index (χ1n) is 8.72. The van der Waals surface area contributed by atoms with E-state index in [0.29, 0.717) is 15.8 Å². The number of hydrogen-bond acceptors (Lipinski definition) is 6. The predicted molar refractivity (Wildman–Crippen MR) is 106 cm³/mol. The van der Waals surface area contributed by atoms with Crippen LogP contribution in [-0.2, 0) is 4.74 Å². The molecule has 6 nitrogen and oxygen atoms in total. The first-order chi connectivity index (χ1) is 13.1. The van der Waals surface area contributed by atoms with Gasteiger partial charge in [0.2, 0.25) is 6.29 Å². The van der Waals surface area contributed by atoms with Gasteiger partial charge in [0.25, 0.3) is 0 Å². The second-order valence-electron chi connectivity index (χ2n) is 7.08. The van der Waals surface area contributed by atoms with E-state index >= 15 is 0 Å².